The number of carbonyl (C=O) groups excluding carboxylic acids is 1. The molecule has 1 aromatic rings. The minimum atomic E-state index is -0.523. The molecule has 1 heterocycles. The molecule has 4 nitrogen and oxygen atoms in total. The van der Waals surface area contributed by atoms with Crippen LogP contribution in [0.15, 0.2) is 24.3 Å². The first-order valence-corrected chi connectivity index (χ1v) is 7.25. The van der Waals surface area contributed by atoms with E-state index in [-0.39, 0.29) is 23.9 Å². The number of carbonyl (C=O) groups is 1. The van der Waals surface area contributed by atoms with Gasteiger partial charge in [-0.05, 0) is 44.9 Å². The highest BCUT2D eigenvalue weighted by Crippen LogP contribution is 2.27. The van der Waals surface area contributed by atoms with Crippen molar-refractivity contribution in [2.45, 2.75) is 44.8 Å². The molecule has 0 spiro atoms. The topological polar surface area (TPSA) is 55.6 Å². The van der Waals surface area contributed by atoms with Crippen molar-refractivity contribution in [2.75, 3.05) is 13.1 Å². The Bertz CT molecular complexity index is 513. The predicted molar refractivity (Wildman–Crippen MR) is 79.5 cm³/mol. The number of nitrogens with zero attached hydrogens (tertiary/aromatic N) is 1. The summed E-state index contributed by atoms with van der Waals surface area (Å²) in [4.78, 5) is 13.8. The normalized spacial score (nSPS) is 23.0. The Kier molecular flexibility index (Phi) is 4.52. The molecular weight excluding hydrogens is 271 g/mol. The fraction of sp³-hybridized carbons (Fsp3) is 0.562. The fourth-order valence-electron chi connectivity index (χ4n) is 2.55. The number of ether oxygens (including phenoxy) is 1. The van der Waals surface area contributed by atoms with Crippen LogP contribution >= 0.6 is 0 Å². The molecule has 21 heavy (non-hydrogen) atoms. The molecule has 1 aliphatic heterocycles. The molecule has 116 valence electrons. The summed E-state index contributed by atoms with van der Waals surface area (Å²) in [6.07, 6.45) is 0.344. The van der Waals surface area contributed by atoms with Crippen molar-refractivity contribution in [1.82, 2.24) is 4.90 Å². The zero-order chi connectivity index (χ0) is 15.6. The van der Waals surface area contributed by atoms with Crippen molar-refractivity contribution in [3.8, 4) is 0 Å². The van der Waals surface area contributed by atoms with Crippen LogP contribution in [0.2, 0.25) is 0 Å². The maximum Gasteiger partial charge on any atom is 0.410 e. The van der Waals surface area contributed by atoms with E-state index < -0.39 is 5.60 Å². The third-order valence-corrected chi connectivity index (χ3v) is 3.59. The van der Waals surface area contributed by atoms with Crippen LogP contribution in [0, 0.1) is 5.82 Å². The Morgan fingerprint density at radius 1 is 1.43 bits per heavy atom. The van der Waals surface area contributed by atoms with Crippen LogP contribution in [0.3, 0.4) is 0 Å². The van der Waals surface area contributed by atoms with Gasteiger partial charge in [0, 0.05) is 25.0 Å². The van der Waals surface area contributed by atoms with Crippen LogP contribution in [-0.2, 0) is 4.74 Å². The Morgan fingerprint density at radius 3 is 2.76 bits per heavy atom. The van der Waals surface area contributed by atoms with E-state index in [0.29, 0.717) is 19.5 Å². The zero-order valence-corrected chi connectivity index (χ0v) is 12.8. The average molecular weight is 294 g/mol. The summed E-state index contributed by atoms with van der Waals surface area (Å²) < 4.78 is 18.8. The maximum absolute atomic E-state index is 13.4. The lowest BCUT2D eigenvalue weighted by atomic mass is 9.86. The third-order valence-electron chi connectivity index (χ3n) is 3.59. The van der Waals surface area contributed by atoms with E-state index in [4.69, 9.17) is 10.5 Å². The quantitative estimate of drug-likeness (QED) is 0.866. The van der Waals surface area contributed by atoms with Gasteiger partial charge in [0.15, 0.2) is 0 Å². The van der Waals surface area contributed by atoms with Crippen molar-refractivity contribution >= 4 is 6.09 Å². The van der Waals surface area contributed by atoms with E-state index in [1.54, 1.807) is 11.0 Å². The Labute approximate surface area is 125 Å². The number of nitrogens with two attached hydrogens (primary N) is 1. The molecule has 0 unspecified atom stereocenters. The van der Waals surface area contributed by atoms with Crippen molar-refractivity contribution in [3.63, 3.8) is 0 Å². The minimum Gasteiger partial charge on any atom is -0.444 e. The first kappa shape index (κ1) is 15.8. The van der Waals surface area contributed by atoms with Gasteiger partial charge in [-0.3, -0.25) is 0 Å². The Balaban J connectivity index is 2.11. The number of amides is 1. The van der Waals surface area contributed by atoms with Gasteiger partial charge in [0.25, 0.3) is 0 Å². The van der Waals surface area contributed by atoms with Crippen LogP contribution in [0.5, 0.6) is 0 Å². The highest BCUT2D eigenvalue weighted by atomic mass is 19.1. The molecule has 1 aromatic carbocycles. The molecule has 2 atom stereocenters. The second-order valence-corrected chi connectivity index (χ2v) is 6.54. The zero-order valence-electron chi connectivity index (χ0n) is 12.8. The van der Waals surface area contributed by atoms with Crippen LogP contribution in [0.4, 0.5) is 9.18 Å². The van der Waals surface area contributed by atoms with Gasteiger partial charge in [0.05, 0.1) is 0 Å². The van der Waals surface area contributed by atoms with E-state index in [1.165, 1.54) is 12.1 Å². The molecule has 1 saturated heterocycles. The molecule has 1 fully saturated rings. The molecule has 0 aliphatic carbocycles. The smallest absolute Gasteiger partial charge is 0.410 e. The Morgan fingerprint density at radius 2 is 2.14 bits per heavy atom. The first-order valence-electron chi connectivity index (χ1n) is 7.25. The number of benzene rings is 1. The van der Waals surface area contributed by atoms with Gasteiger partial charge >= 0.3 is 6.09 Å². The van der Waals surface area contributed by atoms with Gasteiger partial charge in [-0.2, -0.15) is 0 Å². The van der Waals surface area contributed by atoms with Crippen molar-refractivity contribution in [3.05, 3.63) is 35.6 Å². The summed E-state index contributed by atoms with van der Waals surface area (Å²) in [5.41, 5.74) is 6.46. The largest absolute Gasteiger partial charge is 0.444 e. The van der Waals surface area contributed by atoms with Crippen LogP contribution in [0.25, 0.3) is 0 Å². The lowest BCUT2D eigenvalue weighted by Crippen LogP contribution is -2.49. The number of halogens is 1. The molecule has 1 amide bonds. The Hall–Kier alpha value is -1.62. The molecule has 2 rings (SSSR count). The van der Waals surface area contributed by atoms with Gasteiger partial charge in [-0.25, -0.2) is 9.18 Å². The van der Waals surface area contributed by atoms with Crippen LogP contribution in [-0.4, -0.2) is 35.7 Å². The lowest BCUT2D eigenvalue weighted by Gasteiger charge is -2.37. The predicted octanol–water partition coefficient (Wildman–Crippen LogP) is 2.88. The van der Waals surface area contributed by atoms with Crippen molar-refractivity contribution in [2.24, 2.45) is 5.73 Å². The number of rotatable bonds is 1. The van der Waals surface area contributed by atoms with Crippen LogP contribution < -0.4 is 5.73 Å². The van der Waals surface area contributed by atoms with Gasteiger partial charge in [0.1, 0.15) is 11.4 Å². The van der Waals surface area contributed by atoms with E-state index in [1.807, 2.05) is 26.8 Å². The molecule has 5 heteroatoms. The second-order valence-electron chi connectivity index (χ2n) is 6.54. The summed E-state index contributed by atoms with van der Waals surface area (Å²) in [5.74, 6) is -0.351. The first-order chi connectivity index (χ1) is 9.76. The third kappa shape index (κ3) is 4.17. The highest BCUT2D eigenvalue weighted by Gasteiger charge is 2.32. The molecule has 1 aliphatic rings. The van der Waals surface area contributed by atoms with E-state index in [2.05, 4.69) is 0 Å². The number of likely N-dealkylation sites (tertiary alicyclic amines) is 1. The molecule has 0 radical (unpaired) electrons. The van der Waals surface area contributed by atoms with E-state index in [0.717, 1.165) is 5.56 Å². The van der Waals surface area contributed by atoms with Crippen molar-refractivity contribution in [1.29, 1.82) is 0 Å². The summed E-state index contributed by atoms with van der Waals surface area (Å²) >= 11 is 0. The van der Waals surface area contributed by atoms with Gasteiger partial charge in [0.2, 0.25) is 0 Å². The van der Waals surface area contributed by atoms with E-state index in [9.17, 15) is 9.18 Å². The lowest BCUT2D eigenvalue weighted by molar-refractivity contribution is 0.0186. The monoisotopic (exact) mass is 294 g/mol. The molecule has 0 aromatic heterocycles. The van der Waals surface area contributed by atoms with Crippen molar-refractivity contribution < 1.29 is 13.9 Å². The SMILES string of the molecule is CC(C)(C)OC(=O)N1CC[C@H](N)[C@@H](c2cccc(F)c2)C1. The summed E-state index contributed by atoms with van der Waals surface area (Å²) in [7, 11) is 0. The standard InChI is InChI=1S/C16H23FN2O2/c1-16(2,3)21-15(20)19-8-7-14(18)13(10-19)11-5-4-6-12(17)9-11/h4-6,9,13-14H,7-8,10,18H2,1-3H3/t13-,14+/m1/s1. The molecule has 2 N–H and O–H groups in total. The summed E-state index contributed by atoms with van der Waals surface area (Å²) in [5, 5.41) is 0. The van der Waals surface area contributed by atoms with Gasteiger partial charge in [-0.1, -0.05) is 12.1 Å². The number of hydrogen-bond donors (Lipinski definition) is 1. The fourth-order valence-corrected chi connectivity index (χ4v) is 2.55. The van der Waals surface area contributed by atoms with Crippen LogP contribution in [0.1, 0.15) is 38.7 Å². The maximum atomic E-state index is 13.4. The number of hydrogen-bond acceptors (Lipinski definition) is 3. The van der Waals surface area contributed by atoms with E-state index >= 15 is 0 Å². The summed E-state index contributed by atoms with van der Waals surface area (Å²) in [6.45, 7) is 6.54. The summed E-state index contributed by atoms with van der Waals surface area (Å²) in [6, 6.07) is 6.34. The number of piperidine rings is 1. The van der Waals surface area contributed by atoms with Gasteiger partial charge < -0.3 is 15.4 Å². The second kappa shape index (κ2) is 6.02. The molecule has 0 bridgehead atoms. The average Bonchev–Trinajstić information content (AvgIpc) is 2.37. The molecule has 0 saturated carbocycles. The highest BCUT2D eigenvalue weighted by molar-refractivity contribution is 5.68. The van der Waals surface area contributed by atoms with Gasteiger partial charge in [-0.15, -0.1) is 0 Å². The minimum absolute atomic E-state index is 0.0676. The molecular formula is C16H23FN2O2.